The quantitative estimate of drug-likeness (QED) is 0.545. The molecule has 0 bridgehead atoms. The number of halogens is 1. The predicted octanol–water partition coefficient (Wildman–Crippen LogP) is 4.35. The first-order valence-corrected chi connectivity index (χ1v) is 6.98. The number of fused-ring (bicyclic) bond motifs is 1. The van der Waals surface area contributed by atoms with E-state index in [1.165, 1.54) is 6.07 Å². The minimum absolute atomic E-state index is 0.154. The highest BCUT2D eigenvalue weighted by Gasteiger charge is 2.04. The molecule has 110 valence electrons. The van der Waals surface area contributed by atoms with Gasteiger partial charge in [0.2, 0.25) is 0 Å². The number of guanidine groups is 1. The molecule has 0 saturated heterocycles. The minimum Gasteiger partial charge on any atom is -0.369 e. The molecule has 0 spiro atoms. The summed E-state index contributed by atoms with van der Waals surface area (Å²) in [6.07, 6.45) is 0. The fraction of sp³-hybridized carbons (Fsp3) is 0.0556. The van der Waals surface area contributed by atoms with Gasteiger partial charge in [-0.25, -0.2) is 9.38 Å². The Balaban J connectivity index is 1.95. The molecule has 3 N–H and O–H groups in total. The molecule has 3 rings (SSSR count). The van der Waals surface area contributed by atoms with E-state index < -0.39 is 0 Å². The van der Waals surface area contributed by atoms with E-state index in [1.54, 1.807) is 12.1 Å². The van der Waals surface area contributed by atoms with E-state index in [9.17, 15) is 4.39 Å². The Bertz CT molecular complexity index is 851. The maximum atomic E-state index is 13.7. The summed E-state index contributed by atoms with van der Waals surface area (Å²) in [7, 11) is 0. The zero-order valence-corrected chi connectivity index (χ0v) is 12.2. The SMILES string of the molecule is Cc1ccc(F)c(NC(N)=Nc2cccc3ccccc23)c1. The number of nitrogens with one attached hydrogen (secondary N) is 1. The Kier molecular flexibility index (Phi) is 3.74. The second kappa shape index (κ2) is 5.85. The van der Waals surface area contributed by atoms with Gasteiger partial charge in [-0.1, -0.05) is 42.5 Å². The molecular weight excluding hydrogens is 277 g/mol. The molecule has 3 aromatic rings. The van der Waals surface area contributed by atoms with Crippen LogP contribution in [0.1, 0.15) is 5.56 Å². The van der Waals surface area contributed by atoms with Gasteiger partial charge in [-0.05, 0) is 36.1 Å². The van der Waals surface area contributed by atoms with Gasteiger partial charge in [0.25, 0.3) is 0 Å². The number of hydrogen-bond donors (Lipinski definition) is 2. The van der Waals surface area contributed by atoms with E-state index in [-0.39, 0.29) is 11.8 Å². The first-order valence-electron chi connectivity index (χ1n) is 6.98. The lowest BCUT2D eigenvalue weighted by molar-refractivity contribution is 0.631. The number of nitrogens with two attached hydrogens (primary N) is 1. The molecule has 0 aliphatic rings. The Morgan fingerprint density at radius 3 is 2.68 bits per heavy atom. The Morgan fingerprint density at radius 2 is 1.82 bits per heavy atom. The summed E-state index contributed by atoms with van der Waals surface area (Å²) in [5, 5.41) is 4.90. The predicted molar refractivity (Wildman–Crippen MR) is 90.0 cm³/mol. The molecule has 4 heteroatoms. The molecule has 0 aromatic heterocycles. The largest absolute Gasteiger partial charge is 0.369 e. The number of hydrogen-bond acceptors (Lipinski definition) is 1. The third-order valence-corrected chi connectivity index (χ3v) is 3.39. The van der Waals surface area contributed by atoms with Crippen LogP contribution < -0.4 is 11.1 Å². The van der Waals surface area contributed by atoms with Crippen molar-refractivity contribution in [3.8, 4) is 0 Å². The molecule has 0 aliphatic heterocycles. The van der Waals surface area contributed by atoms with Gasteiger partial charge < -0.3 is 11.1 Å². The number of rotatable bonds is 2. The number of anilines is 1. The molecule has 0 atom stereocenters. The van der Waals surface area contributed by atoms with Gasteiger partial charge in [-0.3, -0.25) is 0 Å². The Hall–Kier alpha value is -2.88. The smallest absolute Gasteiger partial charge is 0.198 e. The van der Waals surface area contributed by atoms with E-state index >= 15 is 0 Å². The van der Waals surface area contributed by atoms with Crippen molar-refractivity contribution in [3.05, 3.63) is 72.0 Å². The van der Waals surface area contributed by atoms with Crippen LogP contribution in [-0.2, 0) is 0 Å². The van der Waals surface area contributed by atoms with Gasteiger partial charge in [-0.2, -0.15) is 0 Å². The van der Waals surface area contributed by atoms with Gasteiger partial charge in [-0.15, -0.1) is 0 Å². The summed E-state index contributed by atoms with van der Waals surface area (Å²) < 4.78 is 13.7. The fourth-order valence-corrected chi connectivity index (χ4v) is 2.34. The molecule has 0 saturated carbocycles. The molecule has 3 aromatic carbocycles. The molecule has 3 nitrogen and oxygen atoms in total. The molecule has 0 heterocycles. The fourth-order valence-electron chi connectivity index (χ4n) is 2.34. The van der Waals surface area contributed by atoms with Crippen molar-refractivity contribution in [3.63, 3.8) is 0 Å². The van der Waals surface area contributed by atoms with E-state index in [4.69, 9.17) is 5.73 Å². The third kappa shape index (κ3) is 2.91. The van der Waals surface area contributed by atoms with Crippen molar-refractivity contribution in [1.29, 1.82) is 0 Å². The molecule has 0 aliphatic carbocycles. The maximum Gasteiger partial charge on any atom is 0.198 e. The normalized spacial score (nSPS) is 11.6. The van der Waals surface area contributed by atoms with Crippen molar-refractivity contribution in [1.82, 2.24) is 0 Å². The Labute approximate surface area is 128 Å². The minimum atomic E-state index is -0.360. The summed E-state index contributed by atoms with van der Waals surface area (Å²) in [6.45, 7) is 1.89. The van der Waals surface area contributed by atoms with Crippen molar-refractivity contribution >= 4 is 28.1 Å². The van der Waals surface area contributed by atoms with Crippen molar-refractivity contribution in [2.45, 2.75) is 6.92 Å². The number of aryl methyl sites for hydroxylation is 1. The number of aliphatic imine (C=N–C) groups is 1. The molecule has 0 unspecified atom stereocenters. The van der Waals surface area contributed by atoms with Gasteiger partial charge in [0.1, 0.15) is 5.82 Å². The van der Waals surface area contributed by atoms with E-state index in [0.29, 0.717) is 5.69 Å². The van der Waals surface area contributed by atoms with Gasteiger partial charge in [0.15, 0.2) is 5.96 Å². The van der Waals surface area contributed by atoms with Crippen molar-refractivity contribution in [2.75, 3.05) is 5.32 Å². The highest BCUT2D eigenvalue weighted by molar-refractivity contribution is 5.99. The van der Waals surface area contributed by atoms with Crippen molar-refractivity contribution < 1.29 is 4.39 Å². The molecule has 0 fully saturated rings. The van der Waals surface area contributed by atoms with Crippen LogP contribution >= 0.6 is 0 Å². The molecule has 0 radical (unpaired) electrons. The van der Waals surface area contributed by atoms with Gasteiger partial charge >= 0.3 is 0 Å². The van der Waals surface area contributed by atoms with Gasteiger partial charge in [0, 0.05) is 5.39 Å². The first-order chi connectivity index (χ1) is 10.6. The monoisotopic (exact) mass is 293 g/mol. The molecule has 0 amide bonds. The lowest BCUT2D eigenvalue weighted by Gasteiger charge is -2.08. The maximum absolute atomic E-state index is 13.7. The average molecular weight is 293 g/mol. The number of nitrogens with zero attached hydrogens (tertiary/aromatic N) is 1. The van der Waals surface area contributed by atoms with Crippen molar-refractivity contribution in [2.24, 2.45) is 10.7 Å². The summed E-state index contributed by atoms with van der Waals surface area (Å²) in [4.78, 5) is 4.37. The van der Waals surface area contributed by atoms with Crippen LogP contribution in [0.5, 0.6) is 0 Å². The summed E-state index contributed by atoms with van der Waals surface area (Å²) in [5.74, 6) is -0.206. The van der Waals surface area contributed by atoms with Crippen LogP contribution in [0.3, 0.4) is 0 Å². The topological polar surface area (TPSA) is 50.4 Å². The summed E-state index contributed by atoms with van der Waals surface area (Å²) in [5.41, 5.74) is 7.93. The third-order valence-electron chi connectivity index (χ3n) is 3.39. The average Bonchev–Trinajstić information content (AvgIpc) is 2.51. The van der Waals surface area contributed by atoms with Crippen LogP contribution in [0.25, 0.3) is 10.8 Å². The van der Waals surface area contributed by atoms with Crippen LogP contribution in [-0.4, -0.2) is 5.96 Å². The van der Waals surface area contributed by atoms with Crippen LogP contribution in [0, 0.1) is 12.7 Å². The zero-order chi connectivity index (χ0) is 15.5. The summed E-state index contributed by atoms with van der Waals surface area (Å²) >= 11 is 0. The first kappa shape index (κ1) is 14.1. The number of benzene rings is 3. The van der Waals surface area contributed by atoms with Gasteiger partial charge in [0.05, 0.1) is 11.4 Å². The van der Waals surface area contributed by atoms with Crippen LogP contribution in [0.2, 0.25) is 0 Å². The highest BCUT2D eigenvalue weighted by Crippen LogP contribution is 2.25. The molecule has 22 heavy (non-hydrogen) atoms. The van der Waals surface area contributed by atoms with E-state index in [2.05, 4.69) is 10.3 Å². The summed E-state index contributed by atoms with van der Waals surface area (Å²) in [6, 6.07) is 18.5. The van der Waals surface area contributed by atoms with E-state index in [0.717, 1.165) is 22.0 Å². The van der Waals surface area contributed by atoms with Crippen LogP contribution in [0.15, 0.2) is 65.7 Å². The lowest BCUT2D eigenvalue weighted by Crippen LogP contribution is -2.22. The second-order valence-electron chi connectivity index (χ2n) is 5.10. The highest BCUT2D eigenvalue weighted by atomic mass is 19.1. The lowest BCUT2D eigenvalue weighted by atomic mass is 10.1. The standard InChI is InChI=1S/C18H16FN3/c1-12-9-10-15(19)17(11-12)22-18(20)21-16-8-4-6-13-5-2-3-7-14(13)16/h2-11H,1H3,(H3,20,21,22). The van der Waals surface area contributed by atoms with Crippen LogP contribution in [0.4, 0.5) is 15.8 Å². The zero-order valence-electron chi connectivity index (χ0n) is 12.2. The molecular formula is C18H16FN3. The second-order valence-corrected chi connectivity index (χ2v) is 5.10. The Morgan fingerprint density at radius 1 is 1.05 bits per heavy atom. The van der Waals surface area contributed by atoms with E-state index in [1.807, 2.05) is 49.4 Å².